The van der Waals surface area contributed by atoms with Crippen LogP contribution in [0.4, 0.5) is 23.7 Å². The van der Waals surface area contributed by atoms with E-state index in [1.54, 1.807) is 30.3 Å². The number of alkyl halides is 3. The van der Waals surface area contributed by atoms with Gasteiger partial charge in [-0.05, 0) is 30.2 Å². The molecule has 0 heterocycles. The fourth-order valence-corrected chi connectivity index (χ4v) is 1.97. The maximum absolute atomic E-state index is 12.8. The van der Waals surface area contributed by atoms with Crippen LogP contribution in [-0.4, -0.2) is 11.2 Å². The Morgan fingerprint density at radius 3 is 2.48 bits per heavy atom. The van der Waals surface area contributed by atoms with E-state index in [1.165, 1.54) is 6.92 Å². The number of ether oxygens (including phenoxy) is 1. The SMILES string of the molecule is Cc1cc(O)c(NC(=O)OCc2ccccc2)cc1C(F)(F)F. The zero-order valence-corrected chi connectivity index (χ0v) is 12.1. The van der Waals surface area contributed by atoms with Gasteiger partial charge in [0.15, 0.2) is 0 Å². The Bertz CT molecular complexity index is 700. The van der Waals surface area contributed by atoms with Gasteiger partial charge in [0.1, 0.15) is 12.4 Å². The van der Waals surface area contributed by atoms with Gasteiger partial charge < -0.3 is 9.84 Å². The van der Waals surface area contributed by atoms with Crippen molar-refractivity contribution in [2.45, 2.75) is 19.7 Å². The maximum Gasteiger partial charge on any atom is 0.416 e. The van der Waals surface area contributed by atoms with Crippen LogP contribution >= 0.6 is 0 Å². The second-order valence-electron chi connectivity index (χ2n) is 4.87. The number of anilines is 1. The van der Waals surface area contributed by atoms with E-state index in [2.05, 4.69) is 5.32 Å². The maximum atomic E-state index is 12.8. The molecule has 122 valence electrons. The molecule has 1 amide bonds. The van der Waals surface area contributed by atoms with Gasteiger partial charge in [-0.1, -0.05) is 30.3 Å². The van der Waals surface area contributed by atoms with Gasteiger partial charge in [0.05, 0.1) is 11.3 Å². The van der Waals surface area contributed by atoms with Gasteiger partial charge in [-0.2, -0.15) is 13.2 Å². The van der Waals surface area contributed by atoms with E-state index in [4.69, 9.17) is 4.74 Å². The summed E-state index contributed by atoms with van der Waals surface area (Å²) in [5, 5.41) is 11.8. The molecule has 2 aromatic carbocycles. The molecule has 0 saturated heterocycles. The fraction of sp³-hybridized carbons (Fsp3) is 0.188. The first-order valence-corrected chi connectivity index (χ1v) is 6.66. The van der Waals surface area contributed by atoms with Gasteiger partial charge in [0, 0.05) is 0 Å². The molecule has 0 unspecified atom stereocenters. The zero-order valence-electron chi connectivity index (χ0n) is 12.1. The Morgan fingerprint density at radius 2 is 1.87 bits per heavy atom. The van der Waals surface area contributed by atoms with Gasteiger partial charge in [0.25, 0.3) is 0 Å². The highest BCUT2D eigenvalue weighted by molar-refractivity contribution is 5.87. The average Bonchev–Trinajstić information content (AvgIpc) is 2.48. The molecule has 0 bridgehead atoms. The van der Waals surface area contributed by atoms with Crippen LogP contribution in [0.5, 0.6) is 5.75 Å². The second kappa shape index (κ2) is 6.60. The summed E-state index contributed by atoms with van der Waals surface area (Å²) in [6.07, 6.45) is -5.54. The molecule has 0 fully saturated rings. The number of carbonyl (C=O) groups is 1. The van der Waals surface area contributed by atoms with Crippen molar-refractivity contribution < 1.29 is 27.8 Å². The van der Waals surface area contributed by atoms with Crippen LogP contribution in [0, 0.1) is 6.92 Å². The number of rotatable bonds is 3. The summed E-state index contributed by atoms with van der Waals surface area (Å²) in [5.74, 6) is -0.466. The number of aromatic hydroxyl groups is 1. The topological polar surface area (TPSA) is 58.6 Å². The van der Waals surface area contributed by atoms with Crippen molar-refractivity contribution in [2.24, 2.45) is 0 Å². The molecule has 0 radical (unpaired) electrons. The number of aryl methyl sites for hydroxylation is 1. The van der Waals surface area contributed by atoms with E-state index in [9.17, 15) is 23.1 Å². The van der Waals surface area contributed by atoms with Gasteiger partial charge >= 0.3 is 12.3 Å². The molecule has 4 nitrogen and oxygen atoms in total. The Balaban J connectivity index is 2.09. The predicted molar refractivity (Wildman–Crippen MR) is 78.1 cm³/mol. The summed E-state index contributed by atoms with van der Waals surface area (Å²) in [5.41, 5.74) is -0.709. The van der Waals surface area contributed by atoms with Gasteiger partial charge in [-0.3, -0.25) is 5.32 Å². The molecule has 2 aromatic rings. The standard InChI is InChI=1S/C16H14F3NO3/c1-10-7-14(21)13(8-12(10)16(17,18)19)20-15(22)23-9-11-5-3-2-4-6-11/h2-8,21H,9H2,1H3,(H,20,22). The highest BCUT2D eigenvalue weighted by atomic mass is 19.4. The molecule has 2 rings (SSSR count). The lowest BCUT2D eigenvalue weighted by atomic mass is 10.1. The summed E-state index contributed by atoms with van der Waals surface area (Å²) in [6.45, 7) is 1.19. The third-order valence-electron chi connectivity index (χ3n) is 3.10. The van der Waals surface area contributed by atoms with Gasteiger partial charge in [-0.25, -0.2) is 4.79 Å². The van der Waals surface area contributed by atoms with Crippen molar-refractivity contribution in [3.05, 3.63) is 59.2 Å². The van der Waals surface area contributed by atoms with Crippen LogP contribution in [0.25, 0.3) is 0 Å². The molecule has 0 aliphatic carbocycles. The Morgan fingerprint density at radius 1 is 1.22 bits per heavy atom. The lowest BCUT2D eigenvalue weighted by Crippen LogP contribution is -2.15. The number of phenols is 1. The largest absolute Gasteiger partial charge is 0.506 e. The normalized spacial score (nSPS) is 11.1. The Labute approximate surface area is 130 Å². The third kappa shape index (κ3) is 4.38. The molecular formula is C16H14F3NO3. The first-order valence-electron chi connectivity index (χ1n) is 6.66. The first kappa shape index (κ1) is 16.7. The number of hydrogen-bond acceptors (Lipinski definition) is 3. The molecule has 23 heavy (non-hydrogen) atoms. The predicted octanol–water partition coefficient (Wildman–Crippen LogP) is 4.47. The molecule has 0 saturated carbocycles. The number of amides is 1. The van der Waals surface area contributed by atoms with E-state index >= 15 is 0 Å². The summed E-state index contributed by atoms with van der Waals surface area (Å²) in [6, 6.07) is 10.4. The molecular weight excluding hydrogens is 311 g/mol. The summed E-state index contributed by atoms with van der Waals surface area (Å²) >= 11 is 0. The van der Waals surface area contributed by atoms with Crippen molar-refractivity contribution in [2.75, 3.05) is 5.32 Å². The molecule has 7 heteroatoms. The van der Waals surface area contributed by atoms with E-state index in [-0.39, 0.29) is 17.9 Å². The summed E-state index contributed by atoms with van der Waals surface area (Å²) in [4.78, 5) is 11.7. The van der Waals surface area contributed by atoms with E-state index in [0.717, 1.165) is 11.6 Å². The van der Waals surface area contributed by atoms with Crippen LogP contribution in [0.3, 0.4) is 0 Å². The Hall–Kier alpha value is -2.70. The smallest absolute Gasteiger partial charge is 0.416 e. The number of nitrogens with one attached hydrogen (secondary N) is 1. The van der Waals surface area contributed by atoms with Crippen LogP contribution in [0.15, 0.2) is 42.5 Å². The molecule has 0 atom stereocenters. The van der Waals surface area contributed by atoms with E-state index < -0.39 is 23.6 Å². The van der Waals surface area contributed by atoms with Gasteiger partial charge in [0.2, 0.25) is 0 Å². The fourth-order valence-electron chi connectivity index (χ4n) is 1.97. The summed E-state index contributed by atoms with van der Waals surface area (Å²) < 4.78 is 43.4. The zero-order chi connectivity index (χ0) is 17.0. The number of benzene rings is 2. The van der Waals surface area contributed by atoms with Crippen LogP contribution in [-0.2, 0) is 17.5 Å². The van der Waals surface area contributed by atoms with E-state index in [0.29, 0.717) is 6.07 Å². The lowest BCUT2D eigenvalue weighted by molar-refractivity contribution is -0.138. The number of carbonyl (C=O) groups excluding carboxylic acids is 1. The lowest BCUT2D eigenvalue weighted by Gasteiger charge is -2.14. The monoisotopic (exact) mass is 325 g/mol. The minimum absolute atomic E-state index is 0.0363. The quantitative estimate of drug-likeness (QED) is 0.819. The minimum atomic E-state index is -4.58. The highest BCUT2D eigenvalue weighted by Crippen LogP contribution is 2.37. The van der Waals surface area contributed by atoms with Crippen LogP contribution in [0.1, 0.15) is 16.7 Å². The van der Waals surface area contributed by atoms with E-state index in [1.807, 2.05) is 0 Å². The Kier molecular flexibility index (Phi) is 4.78. The molecule has 0 spiro atoms. The van der Waals surface area contributed by atoms with Crippen LogP contribution in [0.2, 0.25) is 0 Å². The summed E-state index contributed by atoms with van der Waals surface area (Å²) in [7, 11) is 0. The van der Waals surface area contributed by atoms with Crippen molar-refractivity contribution in [1.29, 1.82) is 0 Å². The van der Waals surface area contributed by atoms with Crippen molar-refractivity contribution >= 4 is 11.8 Å². The van der Waals surface area contributed by atoms with Gasteiger partial charge in [-0.15, -0.1) is 0 Å². The number of phenolic OH excluding ortho intramolecular Hbond substituents is 1. The number of halogens is 3. The molecule has 0 aromatic heterocycles. The highest BCUT2D eigenvalue weighted by Gasteiger charge is 2.33. The van der Waals surface area contributed by atoms with Crippen molar-refractivity contribution in [3.8, 4) is 5.75 Å². The minimum Gasteiger partial charge on any atom is -0.506 e. The molecule has 0 aliphatic rings. The van der Waals surface area contributed by atoms with Crippen LogP contribution < -0.4 is 5.32 Å². The van der Waals surface area contributed by atoms with Crippen molar-refractivity contribution in [3.63, 3.8) is 0 Å². The average molecular weight is 325 g/mol. The third-order valence-corrected chi connectivity index (χ3v) is 3.10. The van der Waals surface area contributed by atoms with Crippen molar-refractivity contribution in [1.82, 2.24) is 0 Å². The first-order chi connectivity index (χ1) is 10.8. The molecule has 2 N–H and O–H groups in total. The second-order valence-corrected chi connectivity index (χ2v) is 4.87. The molecule has 0 aliphatic heterocycles. The number of hydrogen-bond donors (Lipinski definition) is 2.